The number of nitrogens with zero attached hydrogens (tertiary/aromatic N) is 2. The molecule has 4 rings (SSSR count). The molecule has 2 amide bonds. The molecular formula is C26H21F3N4O3. The number of nitriles is 1. The van der Waals surface area contributed by atoms with Crippen LogP contribution in [0.5, 0.6) is 11.5 Å². The van der Waals surface area contributed by atoms with Crippen molar-refractivity contribution in [2.24, 2.45) is 5.92 Å². The smallest absolute Gasteiger partial charge is 0.417 e. The Kier molecular flexibility index (Phi) is 6.92. The van der Waals surface area contributed by atoms with Gasteiger partial charge in [-0.15, -0.1) is 0 Å². The average Bonchev–Trinajstić information content (AvgIpc) is 2.87. The summed E-state index contributed by atoms with van der Waals surface area (Å²) < 4.78 is 45.6. The number of amides is 2. The van der Waals surface area contributed by atoms with Crippen LogP contribution in [-0.2, 0) is 23.8 Å². The molecule has 2 aromatic carbocycles. The summed E-state index contributed by atoms with van der Waals surface area (Å²) in [6.07, 6.45) is -1.68. The van der Waals surface area contributed by atoms with Crippen molar-refractivity contribution in [2.45, 2.75) is 25.4 Å². The summed E-state index contributed by atoms with van der Waals surface area (Å²) in [4.78, 5) is 28.7. The zero-order valence-electron chi connectivity index (χ0n) is 19.1. The number of alkyl halides is 3. The summed E-state index contributed by atoms with van der Waals surface area (Å²) in [5.74, 6) is -0.238. The average molecular weight is 494 g/mol. The van der Waals surface area contributed by atoms with Crippen LogP contribution >= 0.6 is 0 Å². The van der Waals surface area contributed by atoms with E-state index in [1.54, 1.807) is 12.1 Å². The van der Waals surface area contributed by atoms with Crippen LogP contribution < -0.4 is 15.4 Å². The number of hydrogen-bond donors (Lipinski definition) is 2. The van der Waals surface area contributed by atoms with E-state index >= 15 is 0 Å². The highest BCUT2D eigenvalue weighted by atomic mass is 19.4. The molecule has 1 aliphatic carbocycles. The van der Waals surface area contributed by atoms with E-state index in [-0.39, 0.29) is 17.3 Å². The normalized spacial score (nSPS) is 14.8. The molecule has 0 radical (unpaired) electrons. The molecule has 1 atom stereocenters. The molecule has 36 heavy (non-hydrogen) atoms. The molecule has 0 aliphatic heterocycles. The number of fused-ring (bicyclic) bond motifs is 1. The van der Waals surface area contributed by atoms with Crippen molar-refractivity contribution in [3.05, 3.63) is 82.7 Å². The van der Waals surface area contributed by atoms with Gasteiger partial charge in [-0.25, -0.2) is 0 Å². The van der Waals surface area contributed by atoms with Gasteiger partial charge in [0.2, 0.25) is 5.91 Å². The van der Waals surface area contributed by atoms with Gasteiger partial charge in [-0.3, -0.25) is 14.6 Å². The molecule has 0 saturated heterocycles. The minimum absolute atomic E-state index is 0.0150. The molecular weight excluding hydrogens is 473 g/mol. The number of pyridine rings is 1. The largest absolute Gasteiger partial charge is 0.457 e. The maximum absolute atomic E-state index is 13.2. The van der Waals surface area contributed by atoms with Crippen molar-refractivity contribution >= 4 is 17.5 Å². The van der Waals surface area contributed by atoms with E-state index in [0.717, 1.165) is 23.3 Å². The minimum Gasteiger partial charge on any atom is -0.457 e. The van der Waals surface area contributed by atoms with Gasteiger partial charge in [-0.2, -0.15) is 18.4 Å². The summed E-state index contributed by atoms with van der Waals surface area (Å²) >= 11 is 0. The number of carbonyl (C=O) groups is 2. The number of aryl methyl sites for hydroxylation is 1. The molecule has 184 valence electrons. The molecule has 0 bridgehead atoms. The fourth-order valence-electron chi connectivity index (χ4n) is 4.08. The number of halogens is 3. The monoisotopic (exact) mass is 494 g/mol. The Morgan fingerprint density at radius 1 is 1.08 bits per heavy atom. The van der Waals surface area contributed by atoms with Gasteiger partial charge in [0.15, 0.2) is 0 Å². The lowest BCUT2D eigenvalue weighted by Crippen LogP contribution is -2.28. The second-order valence-corrected chi connectivity index (χ2v) is 8.29. The van der Waals surface area contributed by atoms with Crippen molar-refractivity contribution in [3.63, 3.8) is 0 Å². The summed E-state index contributed by atoms with van der Waals surface area (Å²) in [6.45, 7) is 0. The number of carbonyl (C=O) groups excluding carboxylic acids is 2. The third-order valence-corrected chi connectivity index (χ3v) is 5.92. The maximum atomic E-state index is 13.2. The first-order valence-corrected chi connectivity index (χ1v) is 11.1. The van der Waals surface area contributed by atoms with Crippen molar-refractivity contribution in [1.82, 2.24) is 10.3 Å². The molecule has 1 aliphatic rings. The van der Waals surface area contributed by atoms with Gasteiger partial charge < -0.3 is 15.4 Å². The summed E-state index contributed by atoms with van der Waals surface area (Å²) in [6, 6.07) is 13.3. The number of hydrogen-bond acceptors (Lipinski definition) is 5. The highest BCUT2D eigenvalue weighted by molar-refractivity contribution is 5.93. The van der Waals surface area contributed by atoms with Crippen LogP contribution in [0.4, 0.5) is 18.9 Å². The number of rotatable bonds is 5. The molecule has 2 N–H and O–H groups in total. The highest BCUT2D eigenvalue weighted by Gasteiger charge is 2.34. The second-order valence-electron chi connectivity index (χ2n) is 8.29. The molecule has 10 heteroatoms. The zero-order chi connectivity index (χ0) is 25.9. The number of benzene rings is 2. The molecule has 3 aromatic rings. The summed E-state index contributed by atoms with van der Waals surface area (Å²) in [5.41, 5.74) is 0.561. The third-order valence-electron chi connectivity index (χ3n) is 5.92. The van der Waals surface area contributed by atoms with E-state index in [9.17, 15) is 22.8 Å². The van der Waals surface area contributed by atoms with Crippen molar-refractivity contribution in [3.8, 4) is 17.6 Å². The fraction of sp³-hybridized carbons (Fsp3) is 0.231. The molecule has 0 spiro atoms. The summed E-state index contributed by atoms with van der Waals surface area (Å²) in [7, 11) is 1.50. The lowest BCUT2D eigenvalue weighted by atomic mass is 9.83. The van der Waals surface area contributed by atoms with E-state index in [1.807, 2.05) is 12.1 Å². The van der Waals surface area contributed by atoms with E-state index in [2.05, 4.69) is 15.6 Å². The maximum Gasteiger partial charge on any atom is 0.417 e. The van der Waals surface area contributed by atoms with Crippen LogP contribution in [0.2, 0.25) is 0 Å². The van der Waals surface area contributed by atoms with Gasteiger partial charge >= 0.3 is 6.18 Å². The van der Waals surface area contributed by atoms with Crippen LogP contribution in [-0.4, -0.2) is 23.8 Å². The van der Waals surface area contributed by atoms with Crippen LogP contribution in [0.1, 0.15) is 39.2 Å². The Bertz CT molecular complexity index is 1370. The van der Waals surface area contributed by atoms with Crippen molar-refractivity contribution < 1.29 is 27.5 Å². The lowest BCUT2D eigenvalue weighted by molar-refractivity contribution is -0.137. The Labute approximate surface area is 204 Å². The molecule has 1 heterocycles. The van der Waals surface area contributed by atoms with Crippen LogP contribution in [0.3, 0.4) is 0 Å². The quantitative estimate of drug-likeness (QED) is 0.527. The molecule has 7 nitrogen and oxygen atoms in total. The molecule has 1 unspecified atom stereocenters. The van der Waals surface area contributed by atoms with Crippen LogP contribution in [0.25, 0.3) is 0 Å². The van der Waals surface area contributed by atoms with Gasteiger partial charge in [0, 0.05) is 30.9 Å². The van der Waals surface area contributed by atoms with Gasteiger partial charge in [-0.1, -0.05) is 6.07 Å². The standard InChI is InChI=1S/C26H21F3N4O3/c1-31-25(35)23-13-21(8-9-32-23)36-20-7-5-15-2-3-16(10-18(15)11-20)24(34)33-19-6-4-17(14-30)22(12-19)26(27,28)29/h4-9,11-13,16H,2-3,10H2,1H3,(H,31,35)(H,33,34). The molecule has 1 aromatic heterocycles. The first-order chi connectivity index (χ1) is 17.2. The zero-order valence-corrected chi connectivity index (χ0v) is 19.1. The fourth-order valence-corrected chi connectivity index (χ4v) is 4.08. The highest BCUT2D eigenvalue weighted by Crippen LogP contribution is 2.35. The van der Waals surface area contributed by atoms with E-state index in [0.29, 0.717) is 30.8 Å². The Balaban J connectivity index is 1.48. The third kappa shape index (κ3) is 5.46. The van der Waals surface area contributed by atoms with Crippen molar-refractivity contribution in [1.29, 1.82) is 5.26 Å². The molecule has 0 fully saturated rings. The topological polar surface area (TPSA) is 104 Å². The predicted molar refractivity (Wildman–Crippen MR) is 124 cm³/mol. The number of anilines is 1. The van der Waals surface area contributed by atoms with Gasteiger partial charge in [-0.05, 0) is 66.8 Å². The minimum atomic E-state index is -4.71. The predicted octanol–water partition coefficient (Wildman–Crippen LogP) is 4.87. The van der Waals surface area contributed by atoms with Crippen LogP contribution in [0.15, 0.2) is 54.7 Å². The van der Waals surface area contributed by atoms with Crippen LogP contribution in [0, 0.1) is 17.2 Å². The molecule has 0 saturated carbocycles. The second kappa shape index (κ2) is 10.1. The Morgan fingerprint density at radius 2 is 1.86 bits per heavy atom. The van der Waals surface area contributed by atoms with Crippen molar-refractivity contribution in [2.75, 3.05) is 12.4 Å². The van der Waals surface area contributed by atoms with E-state index in [1.165, 1.54) is 31.4 Å². The van der Waals surface area contributed by atoms with Gasteiger partial charge in [0.1, 0.15) is 17.2 Å². The number of nitrogens with one attached hydrogen (secondary N) is 2. The number of ether oxygens (including phenoxy) is 1. The SMILES string of the molecule is CNC(=O)c1cc(Oc2ccc3c(c2)CC(C(=O)Nc2ccc(C#N)c(C(F)(F)F)c2)CC3)ccn1. The Morgan fingerprint density at radius 3 is 2.58 bits per heavy atom. The van der Waals surface area contributed by atoms with E-state index < -0.39 is 29.1 Å². The summed E-state index contributed by atoms with van der Waals surface area (Å²) in [5, 5.41) is 14.0. The Hall–Kier alpha value is -4.39. The van der Waals surface area contributed by atoms with E-state index in [4.69, 9.17) is 10.00 Å². The first-order valence-electron chi connectivity index (χ1n) is 11.1. The first kappa shape index (κ1) is 24.7. The van der Waals surface area contributed by atoms with Gasteiger partial charge in [0.05, 0.1) is 17.2 Å². The van der Waals surface area contributed by atoms with Gasteiger partial charge in [0.25, 0.3) is 5.91 Å². The lowest BCUT2D eigenvalue weighted by Gasteiger charge is -2.24. The number of aromatic nitrogens is 1.